The molecular formula is C8H10ClN5. The lowest BCUT2D eigenvalue weighted by molar-refractivity contribution is 0.391. The first-order valence-corrected chi connectivity index (χ1v) is 4.55. The molecule has 0 aliphatic rings. The SMILES string of the molecule is CN(C)Cc1nc(Cl)c2[nH]ncc2n1. The maximum absolute atomic E-state index is 5.95. The van der Waals surface area contributed by atoms with Gasteiger partial charge >= 0.3 is 0 Å². The lowest BCUT2D eigenvalue weighted by Gasteiger charge is -2.07. The van der Waals surface area contributed by atoms with Gasteiger partial charge in [0.2, 0.25) is 0 Å². The van der Waals surface area contributed by atoms with Crippen LogP contribution >= 0.6 is 11.6 Å². The van der Waals surface area contributed by atoms with Crippen molar-refractivity contribution in [1.82, 2.24) is 25.1 Å². The van der Waals surface area contributed by atoms with E-state index >= 15 is 0 Å². The van der Waals surface area contributed by atoms with Crippen LogP contribution in [0.25, 0.3) is 11.0 Å². The predicted molar refractivity (Wildman–Crippen MR) is 54.1 cm³/mol. The highest BCUT2D eigenvalue weighted by atomic mass is 35.5. The number of hydrogen-bond donors (Lipinski definition) is 1. The van der Waals surface area contributed by atoms with Crippen molar-refractivity contribution in [2.24, 2.45) is 0 Å². The van der Waals surface area contributed by atoms with Gasteiger partial charge in [0.25, 0.3) is 0 Å². The number of nitrogens with one attached hydrogen (secondary N) is 1. The molecule has 0 fully saturated rings. The Hall–Kier alpha value is -1.20. The van der Waals surface area contributed by atoms with E-state index in [4.69, 9.17) is 11.6 Å². The highest BCUT2D eigenvalue weighted by molar-refractivity contribution is 6.33. The van der Waals surface area contributed by atoms with Gasteiger partial charge in [0, 0.05) is 0 Å². The number of nitrogens with zero attached hydrogens (tertiary/aromatic N) is 4. The molecule has 0 saturated heterocycles. The number of fused-ring (bicyclic) bond motifs is 1. The van der Waals surface area contributed by atoms with Crippen LogP contribution in [0.2, 0.25) is 5.15 Å². The Morgan fingerprint density at radius 1 is 1.43 bits per heavy atom. The first-order valence-electron chi connectivity index (χ1n) is 4.17. The second kappa shape index (κ2) is 3.51. The van der Waals surface area contributed by atoms with E-state index in [2.05, 4.69) is 20.2 Å². The third-order valence-electron chi connectivity index (χ3n) is 1.76. The van der Waals surface area contributed by atoms with Gasteiger partial charge in [0.15, 0.2) is 5.15 Å². The summed E-state index contributed by atoms with van der Waals surface area (Å²) in [5.41, 5.74) is 1.44. The fourth-order valence-electron chi connectivity index (χ4n) is 1.20. The van der Waals surface area contributed by atoms with Gasteiger partial charge in [-0.05, 0) is 14.1 Å². The maximum atomic E-state index is 5.95. The zero-order valence-electron chi connectivity index (χ0n) is 7.95. The smallest absolute Gasteiger partial charge is 0.158 e. The standard InChI is InChI=1S/C8H10ClN5/c1-14(2)4-6-11-5-3-10-13-7(5)8(9)12-6/h3H,4H2,1-2H3,(H,10,13). The molecule has 74 valence electrons. The van der Waals surface area contributed by atoms with Gasteiger partial charge in [-0.15, -0.1) is 0 Å². The molecule has 0 aliphatic carbocycles. The van der Waals surface area contributed by atoms with Crippen LogP contribution in [0.1, 0.15) is 5.82 Å². The van der Waals surface area contributed by atoms with Gasteiger partial charge in [-0.25, -0.2) is 9.97 Å². The summed E-state index contributed by atoms with van der Waals surface area (Å²) in [6.45, 7) is 0.668. The zero-order chi connectivity index (χ0) is 10.1. The predicted octanol–water partition coefficient (Wildman–Crippen LogP) is 1.07. The molecular weight excluding hydrogens is 202 g/mol. The third kappa shape index (κ3) is 1.69. The van der Waals surface area contributed by atoms with Crippen LogP contribution < -0.4 is 0 Å². The molecule has 2 rings (SSSR count). The third-order valence-corrected chi connectivity index (χ3v) is 2.03. The molecule has 0 radical (unpaired) electrons. The Labute approximate surface area is 86.1 Å². The minimum Gasteiger partial charge on any atom is -0.302 e. The first kappa shape index (κ1) is 9.36. The average Bonchev–Trinajstić information content (AvgIpc) is 2.50. The molecule has 0 unspecified atom stereocenters. The molecule has 0 amide bonds. The van der Waals surface area contributed by atoms with Crippen molar-refractivity contribution in [2.75, 3.05) is 14.1 Å². The Balaban J connectivity index is 2.47. The summed E-state index contributed by atoms with van der Waals surface area (Å²) in [5, 5.41) is 7.03. The monoisotopic (exact) mass is 211 g/mol. The quantitative estimate of drug-likeness (QED) is 0.755. The van der Waals surface area contributed by atoms with Crippen molar-refractivity contribution in [2.45, 2.75) is 6.54 Å². The minimum atomic E-state index is 0.421. The molecule has 5 nitrogen and oxygen atoms in total. The molecule has 14 heavy (non-hydrogen) atoms. The largest absolute Gasteiger partial charge is 0.302 e. The van der Waals surface area contributed by atoms with Crippen LogP contribution in [0.4, 0.5) is 0 Å². The lowest BCUT2D eigenvalue weighted by atomic mass is 10.4. The first-order chi connectivity index (χ1) is 6.66. The molecule has 0 aliphatic heterocycles. The van der Waals surface area contributed by atoms with E-state index in [0.717, 1.165) is 5.52 Å². The van der Waals surface area contributed by atoms with Crippen molar-refractivity contribution in [3.05, 3.63) is 17.2 Å². The normalized spacial score (nSPS) is 11.4. The summed E-state index contributed by atoms with van der Waals surface area (Å²) < 4.78 is 0. The fraction of sp³-hybridized carbons (Fsp3) is 0.375. The Kier molecular flexibility index (Phi) is 2.35. The second-order valence-corrected chi connectivity index (χ2v) is 3.66. The van der Waals surface area contributed by atoms with Crippen LogP contribution in [0.3, 0.4) is 0 Å². The summed E-state index contributed by atoms with van der Waals surface area (Å²) in [6, 6.07) is 0. The molecule has 0 saturated carbocycles. The molecule has 0 aromatic carbocycles. The van der Waals surface area contributed by atoms with Crippen LogP contribution in [-0.4, -0.2) is 39.2 Å². The van der Waals surface area contributed by atoms with Crippen molar-refractivity contribution < 1.29 is 0 Å². The van der Waals surface area contributed by atoms with Crippen molar-refractivity contribution >= 4 is 22.6 Å². The molecule has 2 aromatic heterocycles. The summed E-state index contributed by atoms with van der Waals surface area (Å²) in [7, 11) is 3.91. The van der Waals surface area contributed by atoms with Gasteiger partial charge in [0.1, 0.15) is 16.9 Å². The number of H-pyrrole nitrogens is 1. The Morgan fingerprint density at radius 3 is 2.93 bits per heavy atom. The van der Waals surface area contributed by atoms with Crippen LogP contribution in [0.5, 0.6) is 0 Å². The fourth-order valence-corrected chi connectivity index (χ4v) is 1.44. The summed E-state index contributed by atoms with van der Waals surface area (Å²) in [5.74, 6) is 0.703. The average molecular weight is 212 g/mol. The van der Waals surface area contributed by atoms with E-state index in [1.807, 2.05) is 19.0 Å². The molecule has 0 atom stereocenters. The summed E-state index contributed by atoms with van der Waals surface area (Å²) in [4.78, 5) is 10.4. The van der Waals surface area contributed by atoms with Crippen molar-refractivity contribution in [3.8, 4) is 0 Å². The number of aromatic amines is 1. The molecule has 6 heteroatoms. The number of hydrogen-bond acceptors (Lipinski definition) is 4. The van der Waals surface area contributed by atoms with Crippen LogP contribution in [0, 0.1) is 0 Å². The van der Waals surface area contributed by atoms with E-state index in [1.165, 1.54) is 0 Å². The van der Waals surface area contributed by atoms with Crippen LogP contribution in [0.15, 0.2) is 6.20 Å². The number of aromatic nitrogens is 4. The van der Waals surface area contributed by atoms with E-state index in [9.17, 15) is 0 Å². The molecule has 0 bridgehead atoms. The number of rotatable bonds is 2. The van der Waals surface area contributed by atoms with Crippen molar-refractivity contribution in [1.29, 1.82) is 0 Å². The van der Waals surface area contributed by atoms with E-state index in [0.29, 0.717) is 23.0 Å². The molecule has 2 heterocycles. The molecule has 0 spiro atoms. The highest BCUT2D eigenvalue weighted by Crippen LogP contribution is 2.17. The van der Waals surface area contributed by atoms with Gasteiger partial charge in [-0.1, -0.05) is 11.6 Å². The van der Waals surface area contributed by atoms with Crippen LogP contribution in [-0.2, 0) is 6.54 Å². The minimum absolute atomic E-state index is 0.421. The van der Waals surface area contributed by atoms with Gasteiger partial charge in [-0.3, -0.25) is 5.10 Å². The Bertz CT molecular complexity index is 450. The van der Waals surface area contributed by atoms with E-state index in [-0.39, 0.29) is 0 Å². The molecule has 2 aromatic rings. The maximum Gasteiger partial charge on any atom is 0.158 e. The van der Waals surface area contributed by atoms with E-state index < -0.39 is 0 Å². The summed E-state index contributed by atoms with van der Waals surface area (Å²) >= 11 is 5.95. The lowest BCUT2D eigenvalue weighted by Crippen LogP contribution is -2.13. The second-order valence-electron chi connectivity index (χ2n) is 3.30. The Morgan fingerprint density at radius 2 is 2.21 bits per heavy atom. The molecule has 1 N–H and O–H groups in total. The van der Waals surface area contributed by atoms with Gasteiger partial charge in [0.05, 0.1) is 12.7 Å². The summed E-state index contributed by atoms with van der Waals surface area (Å²) in [6.07, 6.45) is 1.64. The van der Waals surface area contributed by atoms with Crippen molar-refractivity contribution in [3.63, 3.8) is 0 Å². The van der Waals surface area contributed by atoms with Gasteiger partial charge in [-0.2, -0.15) is 5.10 Å². The highest BCUT2D eigenvalue weighted by Gasteiger charge is 2.07. The topological polar surface area (TPSA) is 57.7 Å². The van der Waals surface area contributed by atoms with E-state index in [1.54, 1.807) is 6.20 Å². The number of halogens is 1. The van der Waals surface area contributed by atoms with Gasteiger partial charge < -0.3 is 4.90 Å². The zero-order valence-corrected chi connectivity index (χ0v) is 8.71.